The Bertz CT molecular complexity index is 1750. The Kier molecular flexibility index (Phi) is 66.3. The summed E-state index contributed by atoms with van der Waals surface area (Å²) >= 11 is 0. The average Bonchev–Trinajstić information content (AvgIpc) is 3.49. The number of carbonyl (C=O) groups excluding carboxylic acids is 3. The van der Waals surface area contributed by atoms with Crippen molar-refractivity contribution < 1.29 is 28.6 Å². The van der Waals surface area contributed by atoms with Gasteiger partial charge in [0.2, 0.25) is 0 Å². The number of rotatable bonds is 62. The van der Waals surface area contributed by atoms with Gasteiger partial charge in [0.15, 0.2) is 6.10 Å². The van der Waals surface area contributed by atoms with Crippen molar-refractivity contribution in [2.24, 2.45) is 0 Å². The zero-order valence-electron chi connectivity index (χ0n) is 54.2. The van der Waals surface area contributed by atoms with Gasteiger partial charge in [-0.25, -0.2) is 0 Å². The molecule has 1 unspecified atom stereocenters. The van der Waals surface area contributed by atoms with E-state index in [0.717, 1.165) is 135 Å². The second-order valence-corrected chi connectivity index (χ2v) is 22.7. The Balaban J connectivity index is 4.41. The molecule has 0 bridgehead atoms. The first-order valence-corrected chi connectivity index (χ1v) is 34.7. The summed E-state index contributed by atoms with van der Waals surface area (Å²) in [5, 5.41) is 0. The first-order chi connectivity index (χ1) is 41.0. The Hall–Kier alpha value is -4.45. The molecule has 1 atom stereocenters. The minimum absolute atomic E-state index is 0.0926. The lowest BCUT2D eigenvalue weighted by Gasteiger charge is -2.18. The third-order valence-corrected chi connectivity index (χ3v) is 14.6. The van der Waals surface area contributed by atoms with Gasteiger partial charge in [-0.3, -0.25) is 14.4 Å². The van der Waals surface area contributed by atoms with E-state index in [-0.39, 0.29) is 31.1 Å². The monoisotopic (exact) mass is 1150 g/mol. The van der Waals surface area contributed by atoms with Crippen LogP contribution in [0.1, 0.15) is 316 Å². The lowest BCUT2D eigenvalue weighted by Crippen LogP contribution is -2.30. The van der Waals surface area contributed by atoms with Crippen LogP contribution in [0, 0.1) is 0 Å². The second-order valence-electron chi connectivity index (χ2n) is 22.7. The summed E-state index contributed by atoms with van der Waals surface area (Å²) in [5.74, 6) is -0.918. The Labute approximate surface area is 513 Å². The SMILES string of the molecule is CC/C=C\C/C=C\C/C=C\C/C=C\CCCCCCCCCCCCC(=O)OC(COC(=O)CCCCCC/C=C\C/C=C\C/C=C\C/C=C\CC)COC(=O)CCCCCCCCCCCC/C=C\C/C=C\C/C=C\CCCCCCC. The number of hydrogen-bond donors (Lipinski definition) is 0. The van der Waals surface area contributed by atoms with Crippen molar-refractivity contribution in [3.63, 3.8) is 0 Å². The molecule has 0 amide bonds. The average molecular weight is 1150 g/mol. The molecule has 6 nitrogen and oxygen atoms in total. The van der Waals surface area contributed by atoms with Gasteiger partial charge in [0.25, 0.3) is 0 Å². The lowest BCUT2D eigenvalue weighted by molar-refractivity contribution is -0.167. The fourth-order valence-corrected chi connectivity index (χ4v) is 9.49. The third kappa shape index (κ3) is 68.2. The second kappa shape index (κ2) is 70.0. The molecule has 0 N–H and O–H groups in total. The fraction of sp³-hybridized carbons (Fsp3) is 0.675. The van der Waals surface area contributed by atoms with Crippen LogP contribution in [-0.4, -0.2) is 37.2 Å². The number of allylic oxidation sites excluding steroid dienone is 22. The molecule has 0 radical (unpaired) electrons. The van der Waals surface area contributed by atoms with Crippen molar-refractivity contribution in [1.82, 2.24) is 0 Å². The standard InChI is InChI=1S/C77H128O6/c1-4-7-10-13-16-19-22-25-28-31-33-35-37-38-40-41-43-46-49-52-55-58-61-64-67-70-76(79)82-73-74(72-81-75(78)69-66-63-60-57-54-51-48-45-30-27-24-21-18-15-12-9-6-3)83-77(80)71-68-65-62-59-56-53-50-47-44-42-39-36-34-32-29-26-23-20-17-14-11-8-5-2/h8-9,11-12,17-18,20-22,25-27,29-31,33-34,36-38,48,51,74H,4-7,10,13-16,19,23-24,28,32,35,39-47,49-50,52-73H2,1-3H3/b11-8-,12-9-,20-17-,21-18-,25-22-,29-26-,30-27-,33-31-,36-34-,38-37-,51-48-. The summed E-state index contributed by atoms with van der Waals surface area (Å²) in [6, 6.07) is 0. The number of hydrogen-bond acceptors (Lipinski definition) is 6. The van der Waals surface area contributed by atoms with Gasteiger partial charge in [0.1, 0.15) is 13.2 Å². The maximum atomic E-state index is 13.0. The molecular weight excluding hydrogens is 1020 g/mol. The molecule has 0 spiro atoms. The first-order valence-electron chi connectivity index (χ1n) is 34.7. The number of unbranched alkanes of at least 4 members (excludes halogenated alkanes) is 29. The Morgan fingerprint density at radius 3 is 0.735 bits per heavy atom. The molecule has 0 aromatic carbocycles. The van der Waals surface area contributed by atoms with Gasteiger partial charge >= 0.3 is 17.9 Å². The minimum atomic E-state index is -0.800. The van der Waals surface area contributed by atoms with Crippen LogP contribution in [0.2, 0.25) is 0 Å². The summed E-state index contributed by atoms with van der Waals surface area (Å²) in [5.41, 5.74) is 0. The predicted octanol–water partition coefficient (Wildman–Crippen LogP) is 24.1. The molecule has 0 aliphatic heterocycles. The van der Waals surface area contributed by atoms with Crippen LogP contribution in [0.5, 0.6) is 0 Å². The molecule has 0 aromatic heterocycles. The number of carbonyl (C=O) groups is 3. The molecule has 0 aromatic rings. The van der Waals surface area contributed by atoms with Crippen molar-refractivity contribution in [3.05, 3.63) is 134 Å². The normalized spacial score (nSPS) is 13.0. The van der Waals surface area contributed by atoms with E-state index >= 15 is 0 Å². The van der Waals surface area contributed by atoms with E-state index in [1.807, 2.05) is 0 Å². The Morgan fingerprint density at radius 2 is 0.470 bits per heavy atom. The smallest absolute Gasteiger partial charge is 0.306 e. The van der Waals surface area contributed by atoms with Crippen molar-refractivity contribution in [2.75, 3.05) is 13.2 Å². The summed E-state index contributed by atoms with van der Waals surface area (Å²) in [7, 11) is 0. The van der Waals surface area contributed by atoms with Gasteiger partial charge in [0.05, 0.1) is 0 Å². The van der Waals surface area contributed by atoms with Gasteiger partial charge in [-0.2, -0.15) is 0 Å². The highest BCUT2D eigenvalue weighted by molar-refractivity contribution is 5.71. The maximum absolute atomic E-state index is 13.0. The molecule has 83 heavy (non-hydrogen) atoms. The predicted molar refractivity (Wildman–Crippen MR) is 362 cm³/mol. The van der Waals surface area contributed by atoms with Crippen molar-refractivity contribution in [1.29, 1.82) is 0 Å². The van der Waals surface area contributed by atoms with Crippen molar-refractivity contribution >= 4 is 17.9 Å². The highest BCUT2D eigenvalue weighted by Gasteiger charge is 2.19. The van der Waals surface area contributed by atoms with Crippen molar-refractivity contribution in [3.8, 4) is 0 Å². The summed E-state index contributed by atoms with van der Waals surface area (Å²) in [6.07, 6.45) is 98.9. The van der Waals surface area contributed by atoms with Crippen LogP contribution in [-0.2, 0) is 28.6 Å². The van der Waals surface area contributed by atoms with E-state index in [1.54, 1.807) is 0 Å². The van der Waals surface area contributed by atoms with Crippen LogP contribution >= 0.6 is 0 Å². The van der Waals surface area contributed by atoms with Gasteiger partial charge in [-0.15, -0.1) is 0 Å². The van der Waals surface area contributed by atoms with E-state index in [4.69, 9.17) is 14.2 Å². The van der Waals surface area contributed by atoms with E-state index in [0.29, 0.717) is 19.3 Å². The molecule has 0 fully saturated rings. The van der Waals surface area contributed by atoms with Gasteiger partial charge in [-0.05, 0) is 135 Å². The van der Waals surface area contributed by atoms with Gasteiger partial charge in [0, 0.05) is 19.3 Å². The van der Waals surface area contributed by atoms with E-state index < -0.39 is 6.10 Å². The zero-order chi connectivity index (χ0) is 59.9. The third-order valence-electron chi connectivity index (χ3n) is 14.6. The van der Waals surface area contributed by atoms with Crippen LogP contribution < -0.4 is 0 Å². The summed E-state index contributed by atoms with van der Waals surface area (Å²) in [6.45, 7) is 6.40. The number of esters is 3. The maximum Gasteiger partial charge on any atom is 0.306 e. The van der Waals surface area contributed by atoms with Crippen molar-refractivity contribution in [2.45, 2.75) is 322 Å². The van der Waals surface area contributed by atoms with Crippen LogP contribution in [0.3, 0.4) is 0 Å². The first kappa shape index (κ1) is 78.5. The van der Waals surface area contributed by atoms with Crippen LogP contribution in [0.4, 0.5) is 0 Å². The summed E-state index contributed by atoms with van der Waals surface area (Å²) in [4.78, 5) is 38.5. The highest BCUT2D eigenvalue weighted by Crippen LogP contribution is 2.16. The van der Waals surface area contributed by atoms with Crippen LogP contribution in [0.15, 0.2) is 134 Å². The van der Waals surface area contributed by atoms with E-state index in [1.165, 1.54) is 141 Å². The molecule has 6 heteroatoms. The topological polar surface area (TPSA) is 78.9 Å². The van der Waals surface area contributed by atoms with Gasteiger partial charge < -0.3 is 14.2 Å². The van der Waals surface area contributed by atoms with Crippen LogP contribution in [0.25, 0.3) is 0 Å². The molecule has 472 valence electrons. The van der Waals surface area contributed by atoms with E-state index in [2.05, 4.69) is 154 Å². The molecule has 0 rings (SSSR count). The quantitative estimate of drug-likeness (QED) is 0.0261. The molecular formula is C77H128O6. The van der Waals surface area contributed by atoms with E-state index in [9.17, 15) is 14.4 Å². The molecule has 0 heterocycles. The summed E-state index contributed by atoms with van der Waals surface area (Å²) < 4.78 is 17.0. The highest BCUT2D eigenvalue weighted by atomic mass is 16.6. The molecule has 0 saturated carbocycles. The fourth-order valence-electron chi connectivity index (χ4n) is 9.49. The molecule has 0 aliphatic carbocycles. The zero-order valence-corrected chi connectivity index (χ0v) is 54.2. The number of ether oxygens (including phenoxy) is 3. The molecule has 0 aliphatic rings. The van der Waals surface area contributed by atoms with Gasteiger partial charge in [-0.1, -0.05) is 296 Å². The minimum Gasteiger partial charge on any atom is -0.462 e. The largest absolute Gasteiger partial charge is 0.462 e. The molecule has 0 saturated heterocycles. The Morgan fingerprint density at radius 1 is 0.253 bits per heavy atom. The lowest BCUT2D eigenvalue weighted by atomic mass is 10.0.